The fraction of sp³-hybridized carbons (Fsp3) is 0.667. The van der Waals surface area contributed by atoms with Gasteiger partial charge in [0.2, 0.25) is 0 Å². The van der Waals surface area contributed by atoms with Crippen LogP contribution in [0.5, 0.6) is 0 Å². The first-order chi connectivity index (χ1) is 9.24. The number of pyridine rings is 1. The highest BCUT2D eigenvalue weighted by atomic mass is 16.3. The van der Waals surface area contributed by atoms with Crippen LogP contribution in [-0.2, 0) is 0 Å². The molecule has 1 aromatic heterocycles. The standard InChI is InChI=1S/C15H25N3O/c1-12(16-2)15-6-5-14(10-17-15)18-8-3-4-13(11-18)7-9-19/h5-6,10,12-13,16,19H,3-4,7-9,11H2,1-2H3. The van der Waals surface area contributed by atoms with Crippen molar-refractivity contribution in [1.82, 2.24) is 10.3 Å². The molecule has 106 valence electrons. The fourth-order valence-corrected chi connectivity index (χ4v) is 2.71. The molecule has 4 heteroatoms. The molecule has 0 bridgehead atoms. The number of nitrogens with zero attached hydrogens (tertiary/aromatic N) is 2. The van der Waals surface area contributed by atoms with E-state index in [-0.39, 0.29) is 6.04 Å². The van der Waals surface area contributed by atoms with Gasteiger partial charge in [-0.15, -0.1) is 0 Å². The van der Waals surface area contributed by atoms with Gasteiger partial charge in [-0.05, 0) is 51.3 Å². The second-order valence-electron chi connectivity index (χ2n) is 5.42. The molecule has 1 aliphatic heterocycles. The maximum absolute atomic E-state index is 9.06. The zero-order chi connectivity index (χ0) is 13.7. The fourth-order valence-electron chi connectivity index (χ4n) is 2.71. The Hall–Kier alpha value is -1.13. The van der Waals surface area contributed by atoms with E-state index in [0.29, 0.717) is 12.5 Å². The van der Waals surface area contributed by atoms with Crippen molar-refractivity contribution in [3.05, 3.63) is 24.0 Å². The van der Waals surface area contributed by atoms with Crippen LogP contribution in [0.25, 0.3) is 0 Å². The molecule has 0 aliphatic carbocycles. The minimum absolute atomic E-state index is 0.289. The monoisotopic (exact) mass is 263 g/mol. The van der Waals surface area contributed by atoms with Crippen molar-refractivity contribution in [2.45, 2.75) is 32.2 Å². The largest absolute Gasteiger partial charge is 0.396 e. The van der Waals surface area contributed by atoms with E-state index in [4.69, 9.17) is 5.11 Å². The molecule has 1 fully saturated rings. The molecule has 1 saturated heterocycles. The smallest absolute Gasteiger partial charge is 0.0571 e. The topological polar surface area (TPSA) is 48.4 Å². The first-order valence-corrected chi connectivity index (χ1v) is 7.23. The molecule has 0 saturated carbocycles. The van der Waals surface area contributed by atoms with E-state index in [1.54, 1.807) is 0 Å². The Labute approximate surface area is 115 Å². The number of aliphatic hydroxyl groups is 1. The summed E-state index contributed by atoms with van der Waals surface area (Å²) in [6.07, 6.45) is 5.34. The van der Waals surface area contributed by atoms with E-state index in [9.17, 15) is 0 Å². The summed E-state index contributed by atoms with van der Waals surface area (Å²) in [5.74, 6) is 0.620. The molecule has 2 atom stereocenters. The maximum Gasteiger partial charge on any atom is 0.0571 e. The summed E-state index contributed by atoms with van der Waals surface area (Å²) in [5, 5.41) is 12.3. The highest BCUT2D eigenvalue weighted by molar-refractivity contribution is 5.45. The predicted molar refractivity (Wildman–Crippen MR) is 78.4 cm³/mol. The van der Waals surface area contributed by atoms with E-state index in [1.807, 2.05) is 13.2 Å². The highest BCUT2D eigenvalue weighted by Gasteiger charge is 2.20. The van der Waals surface area contributed by atoms with Crippen molar-refractivity contribution in [2.75, 3.05) is 31.6 Å². The van der Waals surface area contributed by atoms with Crippen LogP contribution >= 0.6 is 0 Å². The molecular weight excluding hydrogens is 238 g/mol. The molecule has 0 radical (unpaired) electrons. The number of piperidine rings is 1. The molecule has 0 amide bonds. The Morgan fingerprint density at radius 1 is 1.53 bits per heavy atom. The predicted octanol–water partition coefficient (Wildman–Crippen LogP) is 1.96. The van der Waals surface area contributed by atoms with Gasteiger partial charge in [-0.25, -0.2) is 0 Å². The molecule has 0 spiro atoms. The third-order valence-electron chi connectivity index (χ3n) is 4.07. The van der Waals surface area contributed by atoms with Gasteiger partial charge in [0.25, 0.3) is 0 Å². The van der Waals surface area contributed by atoms with Gasteiger partial charge in [0.1, 0.15) is 0 Å². The van der Waals surface area contributed by atoms with Crippen LogP contribution in [0.1, 0.15) is 37.9 Å². The summed E-state index contributed by atoms with van der Waals surface area (Å²) in [4.78, 5) is 6.94. The summed E-state index contributed by atoms with van der Waals surface area (Å²) in [6.45, 7) is 4.56. The number of aliphatic hydroxyl groups excluding tert-OH is 1. The average Bonchev–Trinajstić information content (AvgIpc) is 2.47. The Bertz CT molecular complexity index is 377. The van der Waals surface area contributed by atoms with E-state index in [1.165, 1.54) is 18.5 Å². The highest BCUT2D eigenvalue weighted by Crippen LogP contribution is 2.25. The lowest BCUT2D eigenvalue weighted by atomic mass is 9.95. The lowest BCUT2D eigenvalue weighted by molar-refractivity contribution is 0.244. The van der Waals surface area contributed by atoms with Crippen molar-refractivity contribution in [3.63, 3.8) is 0 Å². The van der Waals surface area contributed by atoms with Gasteiger partial charge in [-0.2, -0.15) is 0 Å². The molecule has 4 nitrogen and oxygen atoms in total. The average molecular weight is 263 g/mol. The van der Waals surface area contributed by atoms with Crippen LogP contribution in [0, 0.1) is 5.92 Å². The number of anilines is 1. The van der Waals surface area contributed by atoms with Gasteiger partial charge in [-0.3, -0.25) is 4.98 Å². The van der Waals surface area contributed by atoms with Crippen molar-refractivity contribution in [1.29, 1.82) is 0 Å². The minimum Gasteiger partial charge on any atom is -0.396 e. The normalized spacial score (nSPS) is 21.4. The summed E-state index contributed by atoms with van der Waals surface area (Å²) in [5.41, 5.74) is 2.28. The number of nitrogens with one attached hydrogen (secondary N) is 1. The first kappa shape index (κ1) is 14.3. The van der Waals surface area contributed by atoms with E-state index in [0.717, 1.165) is 25.2 Å². The molecule has 1 aliphatic rings. The summed E-state index contributed by atoms with van der Waals surface area (Å²) >= 11 is 0. The third-order valence-corrected chi connectivity index (χ3v) is 4.07. The molecule has 2 heterocycles. The van der Waals surface area contributed by atoms with Gasteiger partial charge in [0, 0.05) is 25.7 Å². The summed E-state index contributed by atoms with van der Waals surface area (Å²) in [6, 6.07) is 4.56. The summed E-state index contributed by atoms with van der Waals surface area (Å²) in [7, 11) is 1.95. The zero-order valence-electron chi connectivity index (χ0n) is 12.0. The number of hydrogen-bond donors (Lipinski definition) is 2. The van der Waals surface area contributed by atoms with Crippen molar-refractivity contribution in [3.8, 4) is 0 Å². The van der Waals surface area contributed by atoms with E-state index < -0.39 is 0 Å². The van der Waals surface area contributed by atoms with Crippen molar-refractivity contribution in [2.24, 2.45) is 5.92 Å². The molecule has 0 aromatic carbocycles. The van der Waals surface area contributed by atoms with Gasteiger partial charge < -0.3 is 15.3 Å². The van der Waals surface area contributed by atoms with Gasteiger partial charge in [0.05, 0.1) is 17.6 Å². The molecular formula is C15H25N3O. The minimum atomic E-state index is 0.289. The Morgan fingerprint density at radius 2 is 2.37 bits per heavy atom. The van der Waals surface area contributed by atoms with Crippen LogP contribution < -0.4 is 10.2 Å². The van der Waals surface area contributed by atoms with Crippen LogP contribution in [-0.4, -0.2) is 36.8 Å². The van der Waals surface area contributed by atoms with Gasteiger partial charge >= 0.3 is 0 Å². The lowest BCUT2D eigenvalue weighted by Gasteiger charge is -2.34. The van der Waals surface area contributed by atoms with Crippen LogP contribution in [0.15, 0.2) is 18.3 Å². The number of hydrogen-bond acceptors (Lipinski definition) is 4. The Morgan fingerprint density at radius 3 is 3.00 bits per heavy atom. The number of rotatable bonds is 5. The van der Waals surface area contributed by atoms with Gasteiger partial charge in [-0.1, -0.05) is 0 Å². The molecule has 1 aromatic rings. The van der Waals surface area contributed by atoms with E-state index in [2.05, 4.69) is 34.3 Å². The van der Waals surface area contributed by atoms with Crippen LogP contribution in [0.2, 0.25) is 0 Å². The Kier molecular flexibility index (Phi) is 5.16. The van der Waals surface area contributed by atoms with Gasteiger partial charge in [0.15, 0.2) is 0 Å². The molecule has 2 N–H and O–H groups in total. The third kappa shape index (κ3) is 3.67. The quantitative estimate of drug-likeness (QED) is 0.852. The van der Waals surface area contributed by atoms with Crippen molar-refractivity contribution < 1.29 is 5.11 Å². The molecule has 19 heavy (non-hydrogen) atoms. The van der Waals surface area contributed by atoms with Crippen LogP contribution in [0.4, 0.5) is 5.69 Å². The lowest BCUT2D eigenvalue weighted by Crippen LogP contribution is -2.35. The Balaban J connectivity index is 2.01. The molecule has 2 rings (SSSR count). The number of aromatic nitrogens is 1. The second kappa shape index (κ2) is 6.87. The van der Waals surface area contributed by atoms with Crippen molar-refractivity contribution >= 4 is 5.69 Å². The first-order valence-electron chi connectivity index (χ1n) is 7.23. The SMILES string of the molecule is CNC(C)c1ccc(N2CCCC(CCO)C2)cn1. The molecule has 2 unspecified atom stereocenters. The second-order valence-corrected chi connectivity index (χ2v) is 5.42. The maximum atomic E-state index is 9.06. The zero-order valence-corrected chi connectivity index (χ0v) is 12.0. The van der Waals surface area contributed by atoms with Crippen LogP contribution in [0.3, 0.4) is 0 Å². The summed E-state index contributed by atoms with van der Waals surface area (Å²) < 4.78 is 0. The van der Waals surface area contributed by atoms with E-state index >= 15 is 0 Å².